The molecule has 0 aromatic heterocycles. The summed E-state index contributed by atoms with van der Waals surface area (Å²) in [5, 5.41) is 3.37. The number of nitrogens with zero attached hydrogens (tertiary/aromatic N) is 3. The van der Waals surface area contributed by atoms with Crippen LogP contribution >= 0.6 is 0 Å². The Kier molecular flexibility index (Phi) is 2.73. The van der Waals surface area contributed by atoms with Gasteiger partial charge in [0.1, 0.15) is 5.84 Å². The van der Waals surface area contributed by atoms with E-state index in [-0.39, 0.29) is 0 Å². The quantitative estimate of drug-likeness (QED) is 0.723. The van der Waals surface area contributed by atoms with Gasteiger partial charge in [0, 0.05) is 33.2 Å². The number of rotatable bonds is 0. The van der Waals surface area contributed by atoms with Gasteiger partial charge in [0.25, 0.3) is 0 Å². The molecule has 1 N–H and O–H groups in total. The van der Waals surface area contributed by atoms with E-state index >= 15 is 0 Å². The molecule has 0 unspecified atom stereocenters. The van der Waals surface area contributed by atoms with Crippen LogP contribution in [0.3, 0.4) is 0 Å². The zero-order valence-electron chi connectivity index (χ0n) is 10.2. The van der Waals surface area contributed by atoms with E-state index in [0.717, 1.165) is 38.4 Å². The molecule has 0 amide bonds. The molecule has 0 spiro atoms. The lowest BCUT2D eigenvalue weighted by molar-refractivity contribution is 0.353. The summed E-state index contributed by atoms with van der Waals surface area (Å²) in [5.74, 6) is 1.20. The van der Waals surface area contributed by atoms with Gasteiger partial charge >= 0.3 is 0 Å². The van der Waals surface area contributed by atoms with E-state index < -0.39 is 0 Å². The molecule has 0 atom stereocenters. The molecule has 2 aliphatic heterocycles. The summed E-state index contributed by atoms with van der Waals surface area (Å²) in [5.41, 5.74) is 2.32. The van der Waals surface area contributed by atoms with Crippen molar-refractivity contribution < 1.29 is 0 Å². The lowest BCUT2D eigenvalue weighted by atomic mass is 10.2. The molecular weight excluding hydrogens is 212 g/mol. The zero-order chi connectivity index (χ0) is 11.7. The van der Waals surface area contributed by atoms with Gasteiger partial charge in [-0.05, 0) is 12.1 Å². The van der Waals surface area contributed by atoms with Gasteiger partial charge in [-0.2, -0.15) is 0 Å². The van der Waals surface area contributed by atoms with E-state index in [2.05, 4.69) is 46.4 Å². The van der Waals surface area contributed by atoms with E-state index in [0.29, 0.717) is 0 Å². The number of benzene rings is 1. The number of likely N-dealkylation sites (N-methyl/N-ethyl adjacent to an activating group) is 1. The fourth-order valence-electron chi connectivity index (χ4n) is 2.45. The molecule has 1 aromatic rings. The topological polar surface area (TPSA) is 30.9 Å². The predicted octanol–water partition coefficient (Wildman–Crippen LogP) is 1.07. The summed E-state index contributed by atoms with van der Waals surface area (Å²) < 4.78 is 0. The van der Waals surface area contributed by atoms with Gasteiger partial charge in [0.15, 0.2) is 0 Å². The number of aliphatic imine (C=N–C) groups is 1. The maximum absolute atomic E-state index is 4.79. The number of hydrogen-bond acceptors (Lipinski definition) is 4. The van der Waals surface area contributed by atoms with E-state index in [9.17, 15) is 0 Å². The summed E-state index contributed by atoms with van der Waals surface area (Å²) in [6.45, 7) is 5.16. The van der Waals surface area contributed by atoms with Crippen molar-refractivity contribution in [1.82, 2.24) is 10.2 Å². The maximum atomic E-state index is 4.79. The smallest absolute Gasteiger partial charge is 0.125 e. The van der Waals surface area contributed by atoms with Crippen LogP contribution in [0.15, 0.2) is 29.3 Å². The first-order valence-corrected chi connectivity index (χ1v) is 6.18. The van der Waals surface area contributed by atoms with Crippen molar-refractivity contribution in [3.63, 3.8) is 0 Å². The van der Waals surface area contributed by atoms with Gasteiger partial charge in [-0.15, -0.1) is 0 Å². The number of anilines is 1. The van der Waals surface area contributed by atoms with Gasteiger partial charge in [0.2, 0.25) is 0 Å². The Bertz CT molecular complexity index is 435. The van der Waals surface area contributed by atoms with Gasteiger partial charge in [-0.3, -0.25) is 0 Å². The minimum absolute atomic E-state index is 0.914. The molecule has 1 fully saturated rings. The lowest BCUT2D eigenvalue weighted by Crippen LogP contribution is -2.50. The first kappa shape index (κ1) is 10.6. The number of nitrogens with one attached hydrogen (secondary N) is 1. The van der Waals surface area contributed by atoms with Crippen molar-refractivity contribution in [1.29, 1.82) is 0 Å². The van der Waals surface area contributed by atoms with E-state index in [4.69, 9.17) is 4.99 Å². The van der Waals surface area contributed by atoms with Crippen LogP contribution in [0.5, 0.6) is 0 Å². The Hall–Kier alpha value is -1.55. The van der Waals surface area contributed by atoms with E-state index in [1.807, 2.05) is 0 Å². The van der Waals surface area contributed by atoms with Crippen LogP contribution in [0.1, 0.15) is 0 Å². The monoisotopic (exact) mass is 230 g/mol. The second kappa shape index (κ2) is 4.37. The average Bonchev–Trinajstić information content (AvgIpc) is 2.40. The minimum atomic E-state index is 0.914. The average molecular weight is 230 g/mol. The van der Waals surface area contributed by atoms with Crippen LogP contribution in [0, 0.1) is 0 Å². The Morgan fingerprint density at radius 2 is 1.94 bits per heavy atom. The first-order valence-electron chi connectivity index (χ1n) is 6.18. The third-order valence-electron chi connectivity index (χ3n) is 3.40. The lowest BCUT2D eigenvalue weighted by Gasteiger charge is -2.35. The summed E-state index contributed by atoms with van der Waals surface area (Å²) in [7, 11) is 2.13. The SMILES string of the molecule is CN1CC(N2CCNCC2)=Nc2ccccc21. The van der Waals surface area contributed by atoms with E-state index in [1.54, 1.807) is 0 Å². The highest BCUT2D eigenvalue weighted by atomic mass is 15.3. The minimum Gasteiger partial charge on any atom is -0.365 e. The Balaban J connectivity index is 1.90. The van der Waals surface area contributed by atoms with Gasteiger partial charge in [-0.1, -0.05) is 12.1 Å². The molecule has 0 aliphatic carbocycles. The summed E-state index contributed by atoms with van der Waals surface area (Å²) >= 11 is 0. The van der Waals surface area contributed by atoms with Crippen molar-refractivity contribution in [3.05, 3.63) is 24.3 Å². The molecule has 17 heavy (non-hydrogen) atoms. The highest BCUT2D eigenvalue weighted by Crippen LogP contribution is 2.31. The molecule has 2 heterocycles. The molecule has 0 bridgehead atoms. The number of fused-ring (bicyclic) bond motifs is 1. The van der Waals surface area contributed by atoms with Crippen molar-refractivity contribution in [2.45, 2.75) is 0 Å². The molecule has 0 saturated carbocycles. The molecule has 0 radical (unpaired) electrons. The fraction of sp³-hybridized carbons (Fsp3) is 0.462. The third-order valence-corrected chi connectivity index (χ3v) is 3.40. The van der Waals surface area contributed by atoms with Crippen LogP contribution in [0.25, 0.3) is 0 Å². The first-order chi connectivity index (χ1) is 8.34. The van der Waals surface area contributed by atoms with Crippen LogP contribution in [0.2, 0.25) is 0 Å². The third kappa shape index (κ3) is 2.00. The Labute approximate surface area is 102 Å². The van der Waals surface area contributed by atoms with Gasteiger partial charge in [-0.25, -0.2) is 4.99 Å². The van der Waals surface area contributed by atoms with Crippen LogP contribution in [-0.4, -0.2) is 50.5 Å². The largest absolute Gasteiger partial charge is 0.365 e. The van der Waals surface area contributed by atoms with Gasteiger partial charge < -0.3 is 15.1 Å². The normalized spacial score (nSPS) is 19.9. The molecule has 4 nitrogen and oxygen atoms in total. The second-order valence-electron chi connectivity index (χ2n) is 4.61. The predicted molar refractivity (Wildman–Crippen MR) is 71.2 cm³/mol. The molecule has 2 aliphatic rings. The molecule has 4 heteroatoms. The van der Waals surface area contributed by atoms with Crippen LogP contribution in [0.4, 0.5) is 11.4 Å². The van der Waals surface area contributed by atoms with Crippen molar-refractivity contribution in [3.8, 4) is 0 Å². The number of hydrogen-bond donors (Lipinski definition) is 1. The van der Waals surface area contributed by atoms with Crippen LogP contribution in [-0.2, 0) is 0 Å². The van der Waals surface area contributed by atoms with Gasteiger partial charge in [0.05, 0.1) is 17.9 Å². The zero-order valence-corrected chi connectivity index (χ0v) is 10.2. The van der Waals surface area contributed by atoms with Crippen molar-refractivity contribution in [2.24, 2.45) is 4.99 Å². The number of para-hydroxylation sites is 2. The van der Waals surface area contributed by atoms with Crippen molar-refractivity contribution in [2.75, 3.05) is 44.7 Å². The molecular formula is C13H18N4. The number of amidine groups is 1. The standard InChI is InChI=1S/C13H18N4/c1-16-10-13(17-8-6-14-7-9-17)15-11-4-2-3-5-12(11)16/h2-5,14H,6-10H2,1H3. The Morgan fingerprint density at radius 1 is 1.18 bits per heavy atom. The summed E-state index contributed by atoms with van der Waals surface area (Å²) in [6.07, 6.45) is 0. The molecule has 90 valence electrons. The number of piperazine rings is 1. The fourth-order valence-corrected chi connectivity index (χ4v) is 2.45. The summed E-state index contributed by atoms with van der Waals surface area (Å²) in [6, 6.07) is 8.35. The highest BCUT2D eigenvalue weighted by Gasteiger charge is 2.21. The highest BCUT2D eigenvalue weighted by molar-refractivity contribution is 5.94. The molecule has 3 rings (SSSR count). The maximum Gasteiger partial charge on any atom is 0.125 e. The van der Waals surface area contributed by atoms with E-state index in [1.165, 1.54) is 11.5 Å². The second-order valence-corrected chi connectivity index (χ2v) is 4.61. The Morgan fingerprint density at radius 3 is 2.76 bits per heavy atom. The molecule has 1 saturated heterocycles. The molecule has 1 aromatic carbocycles. The van der Waals surface area contributed by atoms with Crippen molar-refractivity contribution >= 4 is 17.2 Å². The van der Waals surface area contributed by atoms with Crippen LogP contribution < -0.4 is 10.2 Å². The summed E-state index contributed by atoms with van der Waals surface area (Å²) in [4.78, 5) is 9.46.